The average molecular weight is 805 g/mol. The van der Waals surface area contributed by atoms with E-state index in [2.05, 4.69) is 10.6 Å². The van der Waals surface area contributed by atoms with Crippen molar-refractivity contribution in [2.45, 2.75) is 18.9 Å². The van der Waals surface area contributed by atoms with Crippen molar-refractivity contribution in [1.29, 1.82) is 0 Å². The van der Waals surface area contributed by atoms with Gasteiger partial charge in [-0.3, -0.25) is 9.59 Å². The van der Waals surface area contributed by atoms with E-state index in [4.69, 9.17) is 0 Å². The van der Waals surface area contributed by atoms with Gasteiger partial charge < -0.3 is 18.1 Å². The Bertz CT molecular complexity index is 410. The maximum Gasteiger partial charge on any atom is 0.202 e. The van der Waals surface area contributed by atoms with Gasteiger partial charge in [0.1, 0.15) is 0 Å². The first-order chi connectivity index (χ1) is 8.27. The minimum atomic E-state index is -0.251. The molecule has 1 aromatic rings. The monoisotopic (exact) mass is 807 g/mol. The number of carbonyl (C=O) groups excluding carboxylic acids is 2. The average Bonchev–Trinajstić information content (AvgIpc) is 2.90. The van der Waals surface area contributed by atoms with Gasteiger partial charge in [-0.2, -0.15) is 0 Å². The third kappa shape index (κ3) is 8.49. The maximum absolute atomic E-state index is 11.7. The van der Waals surface area contributed by atoms with Crippen molar-refractivity contribution >= 4 is 11.7 Å². The van der Waals surface area contributed by atoms with Gasteiger partial charge in [-0.1, -0.05) is 49.2 Å². The smallest absolute Gasteiger partial charge is 0.202 e. The van der Waals surface area contributed by atoms with Crippen LogP contribution in [0.3, 0.4) is 0 Å². The maximum atomic E-state index is 11.7. The van der Waals surface area contributed by atoms with Crippen LogP contribution in [0.5, 0.6) is 0 Å². The number of carbonyl (C=O) groups is 2. The number of Topliss-reactive ketones (excluding diaryl/α,β-unsaturated/α-hetero) is 1. The third-order valence-electron chi connectivity index (χ3n) is 2.81. The zero-order valence-corrected chi connectivity index (χ0v) is 19.8. The zero-order valence-electron chi connectivity index (χ0n) is 11.7. The van der Waals surface area contributed by atoms with Crippen molar-refractivity contribution < 1.29 is 70.9 Å². The van der Waals surface area contributed by atoms with E-state index >= 15 is 0 Å². The molecule has 0 spiro atoms. The summed E-state index contributed by atoms with van der Waals surface area (Å²) < 4.78 is 0. The van der Waals surface area contributed by atoms with Crippen molar-refractivity contribution in [2.75, 3.05) is 13.1 Å². The largest absolute Gasteiger partial charge is 0.652 e. The van der Waals surface area contributed by atoms with E-state index in [1.807, 2.05) is 6.07 Å². The molecule has 1 heterocycles. The fourth-order valence-electron chi connectivity index (χ4n) is 1.85. The molecule has 1 saturated heterocycles. The Morgan fingerprint density at radius 3 is 2.29 bits per heavy atom. The van der Waals surface area contributed by atoms with Gasteiger partial charge in [0, 0.05) is 66.8 Å². The van der Waals surface area contributed by atoms with E-state index in [1.165, 1.54) is 0 Å². The minimum absolute atomic E-state index is 0. The van der Waals surface area contributed by atoms with Crippen LogP contribution in [0, 0.1) is 7.43 Å². The predicted octanol–water partition coefficient (Wildman–Crippen LogP) is 1.96. The molecule has 1 atom stereocenters. The summed E-state index contributed by atoms with van der Waals surface area (Å²) in [7, 11) is 0. The van der Waals surface area contributed by atoms with Crippen molar-refractivity contribution in [1.82, 2.24) is 5.32 Å². The SMILES string of the molecule is O=C(CNC(=O)C1CCC[N-]1)c1ccccc1.[CH3-].[Re].[Re].[Re]. The van der Waals surface area contributed by atoms with Crippen LogP contribution in [0.1, 0.15) is 23.2 Å². The molecule has 1 amide bonds. The van der Waals surface area contributed by atoms with Gasteiger partial charge in [-0.15, -0.1) is 6.54 Å². The molecule has 7 heteroatoms. The number of rotatable bonds is 4. The summed E-state index contributed by atoms with van der Waals surface area (Å²) in [6.45, 7) is 0.805. The molecule has 1 fully saturated rings. The van der Waals surface area contributed by atoms with Gasteiger partial charge in [-0.05, 0) is 0 Å². The third-order valence-corrected chi connectivity index (χ3v) is 2.81. The molecule has 119 valence electrons. The Morgan fingerprint density at radius 2 is 1.76 bits per heavy atom. The molecule has 3 radical (unpaired) electrons. The van der Waals surface area contributed by atoms with Crippen molar-refractivity contribution in [2.24, 2.45) is 0 Å². The van der Waals surface area contributed by atoms with E-state index < -0.39 is 0 Å². The summed E-state index contributed by atoms with van der Waals surface area (Å²) in [6.07, 6.45) is 1.76. The Labute approximate surface area is 167 Å². The van der Waals surface area contributed by atoms with Gasteiger partial charge in [0.2, 0.25) is 5.91 Å². The number of amides is 1. The molecule has 0 saturated carbocycles. The molecule has 0 aliphatic carbocycles. The quantitative estimate of drug-likeness (QED) is 0.375. The first-order valence-corrected chi connectivity index (χ1v) is 5.80. The van der Waals surface area contributed by atoms with Gasteiger partial charge in [-0.25, -0.2) is 0 Å². The molecule has 1 aliphatic rings. The summed E-state index contributed by atoms with van der Waals surface area (Å²) in [6, 6.07) is 8.71. The van der Waals surface area contributed by atoms with E-state index in [9.17, 15) is 9.59 Å². The standard InChI is InChI=1S/C13H15N2O2.CH3.3Re/c16-12(10-5-2-1-3-6-10)9-15-13(17)11-7-4-8-14-11;;;;/h1-3,5-6,11H,4,7-9H2,(H,15,17);1H3;;;/q2*-1;;;. The predicted molar refractivity (Wildman–Crippen MR) is 71.4 cm³/mol. The van der Waals surface area contributed by atoms with E-state index in [1.54, 1.807) is 24.3 Å². The molecule has 1 unspecified atom stereocenters. The molecule has 0 bridgehead atoms. The fraction of sp³-hybridized carbons (Fsp3) is 0.357. The molecular weight excluding hydrogens is 787 g/mol. The van der Waals surface area contributed by atoms with Crippen LogP contribution in [-0.4, -0.2) is 30.8 Å². The fourth-order valence-corrected chi connectivity index (χ4v) is 1.85. The molecular formula is C14H18N2O2Re3-2. The summed E-state index contributed by atoms with van der Waals surface area (Å²) >= 11 is 0. The van der Waals surface area contributed by atoms with Crippen molar-refractivity contribution in [3.8, 4) is 0 Å². The number of ketones is 1. The first kappa shape index (κ1) is 26.2. The summed E-state index contributed by atoms with van der Waals surface area (Å²) in [4.78, 5) is 23.3. The van der Waals surface area contributed by atoms with Crippen LogP contribution >= 0.6 is 0 Å². The number of nitrogens with zero attached hydrogens (tertiary/aromatic N) is 1. The van der Waals surface area contributed by atoms with E-state index in [0.717, 1.165) is 19.4 Å². The molecule has 1 aliphatic heterocycles. The van der Waals surface area contributed by atoms with Gasteiger partial charge in [0.15, 0.2) is 5.78 Å². The second-order valence-corrected chi connectivity index (χ2v) is 4.07. The number of hydrogen-bond acceptors (Lipinski definition) is 2. The van der Waals surface area contributed by atoms with Gasteiger partial charge in [0.05, 0.1) is 6.54 Å². The van der Waals surface area contributed by atoms with Crippen LogP contribution < -0.4 is 5.32 Å². The summed E-state index contributed by atoms with van der Waals surface area (Å²) in [5, 5.41) is 6.80. The number of hydrogen-bond donors (Lipinski definition) is 1. The van der Waals surface area contributed by atoms with Crippen LogP contribution in [0.25, 0.3) is 5.32 Å². The number of benzene rings is 1. The van der Waals surface area contributed by atoms with Crippen molar-refractivity contribution in [3.05, 3.63) is 48.6 Å². The molecule has 1 N–H and O–H groups in total. The molecule has 2 rings (SSSR count). The zero-order chi connectivity index (χ0) is 12.1. The Kier molecular flexibility index (Phi) is 17.4. The van der Waals surface area contributed by atoms with Crippen LogP contribution in [0.15, 0.2) is 30.3 Å². The molecule has 21 heavy (non-hydrogen) atoms. The molecule has 4 nitrogen and oxygen atoms in total. The van der Waals surface area contributed by atoms with E-state index in [0.29, 0.717) is 5.56 Å². The topological polar surface area (TPSA) is 60.3 Å². The van der Waals surface area contributed by atoms with E-state index in [-0.39, 0.29) is 93.0 Å². The van der Waals surface area contributed by atoms with Crippen molar-refractivity contribution in [3.63, 3.8) is 0 Å². The second kappa shape index (κ2) is 13.9. The Balaban J connectivity index is -0.000000810. The summed E-state index contributed by atoms with van der Waals surface area (Å²) in [5.74, 6) is -0.205. The molecule has 0 aromatic heterocycles. The Morgan fingerprint density at radius 1 is 1.14 bits per heavy atom. The number of nitrogens with one attached hydrogen (secondary N) is 1. The molecule has 1 aromatic carbocycles. The van der Waals surface area contributed by atoms with Crippen LogP contribution in [-0.2, 0) is 66.1 Å². The van der Waals surface area contributed by atoms with Gasteiger partial charge in [0.25, 0.3) is 0 Å². The normalized spacial score (nSPS) is 15.3. The first-order valence-electron chi connectivity index (χ1n) is 5.80. The second-order valence-electron chi connectivity index (χ2n) is 4.07. The van der Waals surface area contributed by atoms with Crippen LogP contribution in [0.4, 0.5) is 0 Å². The van der Waals surface area contributed by atoms with Crippen LogP contribution in [0.2, 0.25) is 0 Å². The Hall–Kier alpha value is 0.307. The summed E-state index contributed by atoms with van der Waals surface area (Å²) in [5.41, 5.74) is 0.621. The van der Waals surface area contributed by atoms with Gasteiger partial charge >= 0.3 is 0 Å². The minimum Gasteiger partial charge on any atom is -0.652 e.